The SMILES string of the molecule is CC1(c2ccc(Br)cc2)CC(=O)N1. The summed E-state index contributed by atoms with van der Waals surface area (Å²) in [5.74, 6) is 0.130. The molecule has 1 aromatic rings. The average Bonchev–Trinajstić information content (AvgIpc) is 2.03. The minimum absolute atomic E-state index is 0.130. The minimum atomic E-state index is -0.141. The van der Waals surface area contributed by atoms with Gasteiger partial charge in [-0.25, -0.2) is 0 Å². The van der Waals surface area contributed by atoms with E-state index in [1.807, 2.05) is 31.2 Å². The highest BCUT2D eigenvalue weighted by Gasteiger charge is 2.39. The van der Waals surface area contributed by atoms with Crippen molar-refractivity contribution in [3.8, 4) is 0 Å². The predicted octanol–water partition coefficient (Wildman–Crippen LogP) is 2.18. The van der Waals surface area contributed by atoms with Gasteiger partial charge in [-0.3, -0.25) is 4.79 Å². The lowest BCUT2D eigenvalue weighted by atomic mass is 9.82. The molecule has 0 saturated carbocycles. The summed E-state index contributed by atoms with van der Waals surface area (Å²) >= 11 is 3.38. The van der Waals surface area contributed by atoms with Crippen LogP contribution in [0.1, 0.15) is 18.9 Å². The molecular formula is C10H10BrNO. The van der Waals surface area contributed by atoms with E-state index in [1.165, 1.54) is 0 Å². The highest BCUT2D eigenvalue weighted by atomic mass is 79.9. The lowest BCUT2D eigenvalue weighted by Crippen LogP contribution is -2.56. The van der Waals surface area contributed by atoms with Gasteiger partial charge in [0.15, 0.2) is 0 Å². The van der Waals surface area contributed by atoms with E-state index >= 15 is 0 Å². The molecule has 0 spiro atoms. The second-order valence-electron chi connectivity index (χ2n) is 3.56. The minimum Gasteiger partial charge on any atom is -0.346 e. The van der Waals surface area contributed by atoms with Crippen molar-refractivity contribution in [2.24, 2.45) is 0 Å². The van der Waals surface area contributed by atoms with Gasteiger partial charge in [-0.15, -0.1) is 0 Å². The third kappa shape index (κ3) is 1.48. The molecule has 1 unspecified atom stereocenters. The van der Waals surface area contributed by atoms with Crippen LogP contribution in [0.2, 0.25) is 0 Å². The first-order chi connectivity index (χ1) is 6.10. The van der Waals surface area contributed by atoms with Crippen molar-refractivity contribution in [3.05, 3.63) is 34.3 Å². The van der Waals surface area contributed by atoms with Gasteiger partial charge >= 0.3 is 0 Å². The average molecular weight is 240 g/mol. The number of benzene rings is 1. The zero-order chi connectivity index (χ0) is 9.47. The van der Waals surface area contributed by atoms with Gasteiger partial charge in [-0.2, -0.15) is 0 Å². The summed E-state index contributed by atoms with van der Waals surface area (Å²) in [4.78, 5) is 10.8. The number of carbonyl (C=O) groups excluding carboxylic acids is 1. The van der Waals surface area contributed by atoms with Crippen molar-refractivity contribution >= 4 is 21.8 Å². The third-order valence-corrected chi connectivity index (χ3v) is 2.94. The number of rotatable bonds is 1. The number of carbonyl (C=O) groups is 1. The molecule has 1 heterocycles. The van der Waals surface area contributed by atoms with Gasteiger partial charge in [0.1, 0.15) is 0 Å². The van der Waals surface area contributed by atoms with E-state index in [0.29, 0.717) is 6.42 Å². The lowest BCUT2D eigenvalue weighted by Gasteiger charge is -2.39. The molecule has 1 fully saturated rings. The summed E-state index contributed by atoms with van der Waals surface area (Å²) in [6, 6.07) is 8.04. The molecular weight excluding hydrogens is 230 g/mol. The number of hydrogen-bond acceptors (Lipinski definition) is 1. The number of amides is 1. The van der Waals surface area contributed by atoms with Gasteiger partial charge in [0.25, 0.3) is 0 Å². The number of β-lactam (4-membered cyclic amide) rings is 1. The first kappa shape index (κ1) is 8.75. The molecule has 13 heavy (non-hydrogen) atoms. The first-order valence-electron chi connectivity index (χ1n) is 4.17. The van der Waals surface area contributed by atoms with Gasteiger partial charge in [0.05, 0.1) is 12.0 Å². The molecule has 68 valence electrons. The summed E-state index contributed by atoms with van der Waals surface area (Å²) in [6.45, 7) is 2.04. The van der Waals surface area contributed by atoms with Crippen LogP contribution in [0.4, 0.5) is 0 Å². The van der Waals surface area contributed by atoms with Crippen molar-refractivity contribution in [2.45, 2.75) is 18.9 Å². The molecule has 1 saturated heterocycles. The van der Waals surface area contributed by atoms with Crippen LogP contribution < -0.4 is 5.32 Å². The molecule has 0 radical (unpaired) electrons. The van der Waals surface area contributed by atoms with Crippen molar-refractivity contribution in [1.29, 1.82) is 0 Å². The zero-order valence-electron chi connectivity index (χ0n) is 7.30. The fourth-order valence-electron chi connectivity index (χ4n) is 1.60. The Morgan fingerprint density at radius 2 is 1.92 bits per heavy atom. The smallest absolute Gasteiger partial charge is 0.223 e. The highest BCUT2D eigenvalue weighted by Crippen LogP contribution is 2.31. The molecule has 1 aliphatic rings. The molecule has 3 heteroatoms. The van der Waals surface area contributed by atoms with Crippen LogP contribution in [0, 0.1) is 0 Å². The molecule has 2 nitrogen and oxygen atoms in total. The van der Waals surface area contributed by atoms with E-state index in [2.05, 4.69) is 21.2 Å². The topological polar surface area (TPSA) is 29.1 Å². The monoisotopic (exact) mass is 239 g/mol. The normalized spacial score (nSPS) is 26.5. The second kappa shape index (κ2) is 2.84. The fraction of sp³-hybridized carbons (Fsp3) is 0.300. The van der Waals surface area contributed by atoms with Crippen LogP contribution in [0.25, 0.3) is 0 Å². The maximum absolute atomic E-state index is 10.8. The van der Waals surface area contributed by atoms with Crippen molar-refractivity contribution < 1.29 is 4.79 Å². The van der Waals surface area contributed by atoms with Crippen LogP contribution in [0.3, 0.4) is 0 Å². The van der Waals surface area contributed by atoms with Crippen molar-refractivity contribution in [1.82, 2.24) is 5.32 Å². The number of hydrogen-bond donors (Lipinski definition) is 1. The van der Waals surface area contributed by atoms with Crippen LogP contribution in [0.15, 0.2) is 28.7 Å². The van der Waals surface area contributed by atoms with E-state index in [0.717, 1.165) is 10.0 Å². The third-order valence-electron chi connectivity index (χ3n) is 2.41. The Morgan fingerprint density at radius 1 is 1.38 bits per heavy atom. The van der Waals surface area contributed by atoms with Gasteiger partial charge < -0.3 is 5.32 Å². The standard InChI is InChI=1S/C10H10BrNO/c1-10(6-9(13)12-10)7-2-4-8(11)5-3-7/h2-5H,6H2,1H3,(H,12,13). The zero-order valence-corrected chi connectivity index (χ0v) is 8.89. The van der Waals surface area contributed by atoms with Crippen LogP contribution >= 0.6 is 15.9 Å². The summed E-state index contributed by atoms with van der Waals surface area (Å²) < 4.78 is 1.06. The molecule has 1 aromatic carbocycles. The molecule has 0 bridgehead atoms. The Hall–Kier alpha value is -0.830. The molecule has 1 aliphatic heterocycles. The van der Waals surface area contributed by atoms with Crippen LogP contribution in [-0.4, -0.2) is 5.91 Å². The Labute approximate surface area is 85.5 Å². The number of nitrogens with one attached hydrogen (secondary N) is 1. The van der Waals surface area contributed by atoms with Crippen molar-refractivity contribution in [2.75, 3.05) is 0 Å². The van der Waals surface area contributed by atoms with Gasteiger partial charge in [0, 0.05) is 4.47 Å². The van der Waals surface area contributed by atoms with E-state index < -0.39 is 0 Å². The van der Waals surface area contributed by atoms with Gasteiger partial charge in [0.2, 0.25) is 5.91 Å². The number of halogens is 1. The Balaban J connectivity index is 2.26. The Kier molecular flexibility index (Phi) is 1.91. The summed E-state index contributed by atoms with van der Waals surface area (Å²) in [5.41, 5.74) is 1.02. The van der Waals surface area contributed by atoms with E-state index in [9.17, 15) is 4.79 Å². The Morgan fingerprint density at radius 3 is 2.38 bits per heavy atom. The fourth-order valence-corrected chi connectivity index (χ4v) is 1.87. The molecule has 1 N–H and O–H groups in total. The largest absolute Gasteiger partial charge is 0.346 e. The lowest BCUT2D eigenvalue weighted by molar-refractivity contribution is -0.132. The molecule has 2 rings (SSSR count). The van der Waals surface area contributed by atoms with E-state index in [1.54, 1.807) is 0 Å². The van der Waals surface area contributed by atoms with Gasteiger partial charge in [-0.1, -0.05) is 28.1 Å². The highest BCUT2D eigenvalue weighted by molar-refractivity contribution is 9.10. The Bertz CT molecular complexity index is 336. The molecule has 0 aliphatic carbocycles. The van der Waals surface area contributed by atoms with E-state index in [-0.39, 0.29) is 11.4 Å². The maximum atomic E-state index is 10.8. The predicted molar refractivity (Wildman–Crippen MR) is 54.3 cm³/mol. The molecule has 0 aromatic heterocycles. The molecule has 1 amide bonds. The summed E-state index contributed by atoms with van der Waals surface area (Å²) in [7, 11) is 0. The first-order valence-corrected chi connectivity index (χ1v) is 4.96. The summed E-state index contributed by atoms with van der Waals surface area (Å²) in [5, 5.41) is 2.90. The van der Waals surface area contributed by atoms with Crippen molar-refractivity contribution in [3.63, 3.8) is 0 Å². The second-order valence-corrected chi connectivity index (χ2v) is 4.48. The van der Waals surface area contributed by atoms with Gasteiger partial charge in [-0.05, 0) is 24.6 Å². The van der Waals surface area contributed by atoms with E-state index in [4.69, 9.17) is 0 Å². The summed E-state index contributed by atoms with van der Waals surface area (Å²) in [6.07, 6.45) is 0.592. The van der Waals surface area contributed by atoms with Crippen LogP contribution in [0.5, 0.6) is 0 Å². The van der Waals surface area contributed by atoms with Crippen LogP contribution in [-0.2, 0) is 10.3 Å². The maximum Gasteiger partial charge on any atom is 0.223 e. The quantitative estimate of drug-likeness (QED) is 0.749. The molecule has 1 atom stereocenters.